The Morgan fingerprint density at radius 1 is 0.970 bits per heavy atom. The quantitative estimate of drug-likeness (QED) is 0.600. The van der Waals surface area contributed by atoms with Gasteiger partial charge in [0.05, 0.1) is 7.11 Å². The third-order valence-electron chi connectivity index (χ3n) is 5.97. The molecule has 33 heavy (non-hydrogen) atoms. The van der Waals surface area contributed by atoms with Crippen LogP contribution in [0.25, 0.3) is 0 Å². The summed E-state index contributed by atoms with van der Waals surface area (Å²) in [5.74, 6) is 0.406. The summed E-state index contributed by atoms with van der Waals surface area (Å²) < 4.78 is 5.25. The van der Waals surface area contributed by atoms with Gasteiger partial charge in [0.2, 0.25) is 0 Å². The van der Waals surface area contributed by atoms with Gasteiger partial charge in [-0.15, -0.1) is 0 Å². The van der Waals surface area contributed by atoms with Gasteiger partial charge in [0.1, 0.15) is 5.75 Å². The standard InChI is InChI=1S/C27H29N3O3/c1-18-13-22(8-10-25(18)33-3)26(31)28-16-19-5-4-6-21(14-19)27(32)29-24-9-7-20-11-12-30(2)17-23(20)15-24/h4-10,13-15H,11-12,16-17H2,1-3H3,(H,28,31)(H,29,32). The number of nitrogens with zero attached hydrogens (tertiary/aromatic N) is 1. The predicted octanol–water partition coefficient (Wildman–Crippen LogP) is 4.17. The number of hydrogen-bond donors (Lipinski definition) is 2. The molecule has 3 aromatic carbocycles. The Kier molecular flexibility index (Phi) is 6.75. The molecular weight excluding hydrogens is 414 g/mol. The Morgan fingerprint density at radius 3 is 2.58 bits per heavy atom. The Balaban J connectivity index is 1.39. The number of likely N-dealkylation sites (N-methyl/N-ethyl adjacent to an activating group) is 1. The fourth-order valence-corrected chi connectivity index (χ4v) is 4.11. The van der Waals surface area contributed by atoms with Gasteiger partial charge in [0, 0.05) is 36.4 Å². The first-order valence-corrected chi connectivity index (χ1v) is 11.1. The van der Waals surface area contributed by atoms with Crippen LogP contribution in [-0.4, -0.2) is 37.4 Å². The number of carbonyl (C=O) groups excluding carboxylic acids is 2. The number of amides is 2. The molecule has 2 N–H and O–H groups in total. The number of hydrogen-bond acceptors (Lipinski definition) is 4. The van der Waals surface area contributed by atoms with Crippen molar-refractivity contribution in [1.29, 1.82) is 0 Å². The molecule has 0 saturated carbocycles. The van der Waals surface area contributed by atoms with E-state index in [2.05, 4.69) is 34.7 Å². The average molecular weight is 444 g/mol. The van der Waals surface area contributed by atoms with Crippen LogP contribution in [0.2, 0.25) is 0 Å². The Bertz CT molecular complexity index is 1190. The summed E-state index contributed by atoms with van der Waals surface area (Å²) in [6.45, 7) is 4.18. The van der Waals surface area contributed by atoms with Crippen LogP contribution in [-0.2, 0) is 19.5 Å². The highest BCUT2D eigenvalue weighted by atomic mass is 16.5. The fraction of sp³-hybridized carbons (Fsp3) is 0.259. The molecule has 0 aromatic heterocycles. The number of aryl methyl sites for hydroxylation is 1. The van der Waals surface area contributed by atoms with Crippen molar-refractivity contribution in [2.45, 2.75) is 26.4 Å². The second-order valence-corrected chi connectivity index (χ2v) is 8.49. The van der Waals surface area contributed by atoms with Gasteiger partial charge in [-0.2, -0.15) is 0 Å². The summed E-state index contributed by atoms with van der Waals surface area (Å²) in [6.07, 6.45) is 1.03. The molecule has 0 spiro atoms. The molecule has 2 amide bonds. The third kappa shape index (κ3) is 5.41. The predicted molar refractivity (Wildman–Crippen MR) is 130 cm³/mol. The number of benzene rings is 3. The molecule has 4 rings (SSSR count). The SMILES string of the molecule is COc1ccc(C(=O)NCc2cccc(C(=O)Nc3ccc4c(c3)CN(C)CC4)c2)cc1C. The van der Waals surface area contributed by atoms with Crippen LogP contribution < -0.4 is 15.4 Å². The van der Waals surface area contributed by atoms with Crippen LogP contribution >= 0.6 is 0 Å². The number of anilines is 1. The molecule has 0 unspecified atom stereocenters. The Morgan fingerprint density at radius 2 is 1.79 bits per heavy atom. The first kappa shape index (κ1) is 22.6. The van der Waals surface area contributed by atoms with Crippen molar-refractivity contribution in [2.24, 2.45) is 0 Å². The van der Waals surface area contributed by atoms with E-state index in [1.807, 2.05) is 25.1 Å². The van der Waals surface area contributed by atoms with Crippen molar-refractivity contribution in [1.82, 2.24) is 10.2 Å². The van der Waals surface area contributed by atoms with E-state index >= 15 is 0 Å². The topological polar surface area (TPSA) is 70.7 Å². The van der Waals surface area contributed by atoms with Crippen LogP contribution in [0.15, 0.2) is 60.7 Å². The molecule has 0 atom stereocenters. The van der Waals surface area contributed by atoms with Crippen LogP contribution in [0, 0.1) is 6.92 Å². The maximum Gasteiger partial charge on any atom is 0.255 e. The number of fused-ring (bicyclic) bond motifs is 1. The lowest BCUT2D eigenvalue weighted by Crippen LogP contribution is -2.26. The van der Waals surface area contributed by atoms with Crippen molar-refractivity contribution < 1.29 is 14.3 Å². The second kappa shape index (κ2) is 9.88. The van der Waals surface area contributed by atoms with E-state index in [1.165, 1.54) is 11.1 Å². The number of carbonyl (C=O) groups is 2. The van der Waals surface area contributed by atoms with Gasteiger partial charge in [0.15, 0.2) is 0 Å². The zero-order valence-corrected chi connectivity index (χ0v) is 19.3. The average Bonchev–Trinajstić information content (AvgIpc) is 2.82. The molecule has 170 valence electrons. The van der Waals surface area contributed by atoms with Crippen LogP contribution in [0.3, 0.4) is 0 Å². The van der Waals surface area contributed by atoms with Gasteiger partial charge >= 0.3 is 0 Å². The van der Waals surface area contributed by atoms with Crippen molar-refractivity contribution in [3.63, 3.8) is 0 Å². The summed E-state index contributed by atoms with van der Waals surface area (Å²) >= 11 is 0. The molecule has 1 aliphatic rings. The van der Waals surface area contributed by atoms with Gasteiger partial charge < -0.3 is 20.3 Å². The molecule has 1 heterocycles. The maximum absolute atomic E-state index is 12.8. The number of ether oxygens (including phenoxy) is 1. The fourth-order valence-electron chi connectivity index (χ4n) is 4.11. The van der Waals surface area contributed by atoms with Gasteiger partial charge in [-0.3, -0.25) is 9.59 Å². The molecular formula is C27H29N3O3. The van der Waals surface area contributed by atoms with Gasteiger partial charge in [-0.1, -0.05) is 18.2 Å². The minimum Gasteiger partial charge on any atom is -0.496 e. The summed E-state index contributed by atoms with van der Waals surface area (Å²) in [6, 6.07) is 18.8. The Hall–Kier alpha value is -3.64. The maximum atomic E-state index is 12.8. The zero-order valence-electron chi connectivity index (χ0n) is 19.3. The van der Waals surface area contributed by atoms with Gasteiger partial charge in [-0.25, -0.2) is 0 Å². The molecule has 0 fully saturated rings. The summed E-state index contributed by atoms with van der Waals surface area (Å²) in [5.41, 5.74) is 6.27. The minimum atomic E-state index is -0.172. The van der Waals surface area contributed by atoms with Crippen LogP contribution in [0.4, 0.5) is 5.69 Å². The second-order valence-electron chi connectivity index (χ2n) is 8.49. The molecule has 0 radical (unpaired) electrons. The first-order chi connectivity index (χ1) is 15.9. The molecule has 0 aliphatic carbocycles. The molecule has 6 heteroatoms. The molecule has 1 aliphatic heterocycles. The highest BCUT2D eigenvalue weighted by Gasteiger charge is 2.15. The molecule has 3 aromatic rings. The van der Waals surface area contributed by atoms with Crippen LogP contribution in [0.5, 0.6) is 5.75 Å². The largest absolute Gasteiger partial charge is 0.496 e. The Labute approximate surface area is 194 Å². The highest BCUT2D eigenvalue weighted by Crippen LogP contribution is 2.22. The molecule has 6 nitrogen and oxygen atoms in total. The van der Waals surface area contributed by atoms with Crippen molar-refractivity contribution >= 4 is 17.5 Å². The van der Waals surface area contributed by atoms with Crippen molar-refractivity contribution in [2.75, 3.05) is 26.0 Å². The normalized spacial score (nSPS) is 13.2. The number of nitrogens with one attached hydrogen (secondary N) is 2. The monoisotopic (exact) mass is 443 g/mol. The van der Waals surface area contributed by atoms with Gasteiger partial charge in [0.25, 0.3) is 11.8 Å². The zero-order chi connectivity index (χ0) is 23.4. The number of methoxy groups -OCH3 is 1. The van der Waals surface area contributed by atoms with Crippen molar-refractivity contribution in [3.8, 4) is 5.75 Å². The smallest absolute Gasteiger partial charge is 0.255 e. The first-order valence-electron chi connectivity index (χ1n) is 11.1. The van der Waals surface area contributed by atoms with Gasteiger partial charge in [-0.05, 0) is 85.1 Å². The third-order valence-corrected chi connectivity index (χ3v) is 5.97. The highest BCUT2D eigenvalue weighted by molar-refractivity contribution is 6.04. The lowest BCUT2D eigenvalue weighted by molar-refractivity contribution is 0.0950. The van der Waals surface area contributed by atoms with E-state index in [0.29, 0.717) is 17.7 Å². The number of rotatable bonds is 6. The van der Waals surface area contributed by atoms with E-state index in [-0.39, 0.29) is 11.8 Å². The van der Waals surface area contributed by atoms with E-state index in [4.69, 9.17) is 4.74 Å². The summed E-state index contributed by atoms with van der Waals surface area (Å²) in [5, 5.41) is 5.92. The summed E-state index contributed by atoms with van der Waals surface area (Å²) in [7, 11) is 3.71. The van der Waals surface area contributed by atoms with E-state index in [0.717, 1.165) is 42.1 Å². The van der Waals surface area contributed by atoms with E-state index in [1.54, 1.807) is 37.4 Å². The summed E-state index contributed by atoms with van der Waals surface area (Å²) in [4.78, 5) is 27.6. The molecule has 0 saturated heterocycles. The molecule has 0 bridgehead atoms. The lowest BCUT2D eigenvalue weighted by atomic mass is 9.99. The minimum absolute atomic E-state index is 0.168. The lowest BCUT2D eigenvalue weighted by Gasteiger charge is -2.25. The van der Waals surface area contributed by atoms with Crippen molar-refractivity contribution in [3.05, 3.63) is 94.0 Å². The van der Waals surface area contributed by atoms with E-state index in [9.17, 15) is 9.59 Å². The van der Waals surface area contributed by atoms with E-state index < -0.39 is 0 Å². The van der Waals surface area contributed by atoms with Crippen LogP contribution in [0.1, 0.15) is 43.0 Å².